The van der Waals surface area contributed by atoms with E-state index in [2.05, 4.69) is 4.72 Å². The van der Waals surface area contributed by atoms with Crippen LogP contribution < -0.4 is 14.2 Å². The third-order valence-corrected chi connectivity index (χ3v) is 4.94. The van der Waals surface area contributed by atoms with Crippen LogP contribution in [0.15, 0.2) is 47.4 Å². The van der Waals surface area contributed by atoms with Crippen LogP contribution in [-0.2, 0) is 16.4 Å². The number of benzene rings is 2. The maximum atomic E-state index is 12.1. The van der Waals surface area contributed by atoms with E-state index in [4.69, 9.17) is 21.1 Å². The molecule has 0 saturated heterocycles. The van der Waals surface area contributed by atoms with Crippen LogP contribution in [0.5, 0.6) is 11.5 Å². The fourth-order valence-electron chi connectivity index (χ4n) is 2.14. The summed E-state index contributed by atoms with van der Waals surface area (Å²) in [5, 5.41) is 0.388. The molecule has 0 radical (unpaired) electrons. The van der Waals surface area contributed by atoms with E-state index in [1.807, 2.05) is 18.2 Å². The van der Waals surface area contributed by atoms with Gasteiger partial charge < -0.3 is 9.47 Å². The molecular weight excluding hydrogens is 326 g/mol. The zero-order valence-corrected chi connectivity index (χ0v) is 13.2. The van der Waals surface area contributed by atoms with Crippen LogP contribution in [0.25, 0.3) is 0 Å². The Morgan fingerprint density at radius 2 is 1.91 bits per heavy atom. The van der Waals surface area contributed by atoms with E-state index in [1.165, 1.54) is 12.1 Å². The van der Waals surface area contributed by atoms with Crippen molar-refractivity contribution in [1.82, 2.24) is 4.72 Å². The third kappa shape index (κ3) is 3.35. The summed E-state index contributed by atoms with van der Waals surface area (Å²) >= 11 is 5.82. The van der Waals surface area contributed by atoms with Crippen LogP contribution in [0, 0.1) is 0 Å². The average Bonchev–Trinajstić information content (AvgIpc) is 2.94. The van der Waals surface area contributed by atoms with Crippen molar-refractivity contribution in [3.05, 3.63) is 53.1 Å². The predicted octanol–water partition coefficient (Wildman–Crippen LogP) is 2.59. The van der Waals surface area contributed by atoms with Crippen molar-refractivity contribution in [3.8, 4) is 11.5 Å². The monoisotopic (exact) mass is 339 g/mol. The molecule has 5 nitrogen and oxygen atoms in total. The maximum absolute atomic E-state index is 12.1. The van der Waals surface area contributed by atoms with Crippen molar-refractivity contribution in [2.75, 3.05) is 13.3 Å². The van der Waals surface area contributed by atoms with Gasteiger partial charge >= 0.3 is 0 Å². The first kappa shape index (κ1) is 15.1. The summed E-state index contributed by atoms with van der Waals surface area (Å²) in [6, 6.07) is 11.7. The Bertz CT molecular complexity index is 792. The number of halogens is 1. The minimum absolute atomic E-state index is 0.158. The summed E-state index contributed by atoms with van der Waals surface area (Å²) < 4.78 is 37.4. The van der Waals surface area contributed by atoms with E-state index in [9.17, 15) is 8.42 Å². The minimum Gasteiger partial charge on any atom is -0.454 e. The van der Waals surface area contributed by atoms with Gasteiger partial charge in [0.15, 0.2) is 11.5 Å². The molecule has 116 valence electrons. The number of nitrogens with one attached hydrogen (secondary N) is 1. The van der Waals surface area contributed by atoms with Crippen LogP contribution >= 0.6 is 11.6 Å². The van der Waals surface area contributed by atoms with Gasteiger partial charge in [-0.25, -0.2) is 13.1 Å². The van der Waals surface area contributed by atoms with Gasteiger partial charge in [0.1, 0.15) is 0 Å². The SMILES string of the molecule is O=S(=O)(NCCc1ccc2c(c1)OCO2)c1cccc(Cl)c1. The standard InChI is InChI=1S/C15H14ClNO4S/c16-12-2-1-3-13(9-12)22(18,19)17-7-6-11-4-5-14-15(8-11)21-10-20-14/h1-5,8-9,17H,6-7,10H2. The van der Waals surface area contributed by atoms with E-state index in [0.29, 0.717) is 22.9 Å². The predicted molar refractivity (Wildman–Crippen MR) is 82.9 cm³/mol. The molecule has 22 heavy (non-hydrogen) atoms. The van der Waals surface area contributed by atoms with Crippen LogP contribution in [0.1, 0.15) is 5.56 Å². The fraction of sp³-hybridized carbons (Fsp3) is 0.200. The first-order valence-electron chi connectivity index (χ1n) is 6.68. The number of hydrogen-bond donors (Lipinski definition) is 1. The van der Waals surface area contributed by atoms with E-state index in [-0.39, 0.29) is 18.2 Å². The van der Waals surface area contributed by atoms with Crippen LogP contribution in [0.4, 0.5) is 0 Å². The van der Waals surface area contributed by atoms with Crippen molar-refractivity contribution >= 4 is 21.6 Å². The number of ether oxygens (including phenoxy) is 2. The molecule has 2 aromatic carbocycles. The number of hydrogen-bond acceptors (Lipinski definition) is 4. The van der Waals surface area contributed by atoms with Gasteiger partial charge in [-0.15, -0.1) is 0 Å². The zero-order chi connectivity index (χ0) is 15.6. The first-order valence-corrected chi connectivity index (χ1v) is 8.54. The molecule has 1 aliphatic rings. The molecule has 7 heteroatoms. The lowest BCUT2D eigenvalue weighted by atomic mass is 10.1. The molecule has 2 aromatic rings. The molecule has 0 aliphatic carbocycles. The Kier molecular flexibility index (Phi) is 4.24. The average molecular weight is 340 g/mol. The van der Waals surface area contributed by atoms with Crippen LogP contribution in [-0.4, -0.2) is 21.8 Å². The largest absolute Gasteiger partial charge is 0.454 e. The molecule has 0 aromatic heterocycles. The van der Waals surface area contributed by atoms with Gasteiger partial charge in [0, 0.05) is 11.6 Å². The molecule has 1 N–H and O–H groups in total. The summed E-state index contributed by atoms with van der Waals surface area (Å²) in [5.41, 5.74) is 0.970. The van der Waals surface area contributed by atoms with Gasteiger partial charge in [0.2, 0.25) is 16.8 Å². The van der Waals surface area contributed by atoms with Gasteiger partial charge in [-0.1, -0.05) is 23.7 Å². The molecule has 0 unspecified atom stereocenters. The summed E-state index contributed by atoms with van der Waals surface area (Å²) in [4.78, 5) is 0.158. The molecule has 0 spiro atoms. The highest BCUT2D eigenvalue weighted by molar-refractivity contribution is 7.89. The second-order valence-electron chi connectivity index (χ2n) is 4.79. The van der Waals surface area contributed by atoms with E-state index >= 15 is 0 Å². The van der Waals surface area contributed by atoms with Crippen molar-refractivity contribution in [1.29, 1.82) is 0 Å². The fourth-order valence-corrected chi connectivity index (χ4v) is 3.48. The van der Waals surface area contributed by atoms with Gasteiger partial charge in [-0.3, -0.25) is 0 Å². The lowest BCUT2D eigenvalue weighted by Gasteiger charge is -2.07. The van der Waals surface area contributed by atoms with Crippen molar-refractivity contribution in [3.63, 3.8) is 0 Å². The smallest absolute Gasteiger partial charge is 0.240 e. The summed E-state index contributed by atoms with van der Waals surface area (Å²) in [5.74, 6) is 1.40. The number of sulfonamides is 1. The molecule has 0 amide bonds. The number of fused-ring (bicyclic) bond motifs is 1. The Morgan fingerprint density at radius 1 is 1.09 bits per heavy atom. The van der Waals surface area contributed by atoms with Crippen molar-refractivity contribution in [2.24, 2.45) is 0 Å². The Morgan fingerprint density at radius 3 is 2.73 bits per heavy atom. The number of rotatable bonds is 5. The minimum atomic E-state index is -3.55. The maximum Gasteiger partial charge on any atom is 0.240 e. The van der Waals surface area contributed by atoms with E-state index in [0.717, 1.165) is 5.56 Å². The van der Waals surface area contributed by atoms with Crippen molar-refractivity contribution < 1.29 is 17.9 Å². The Balaban J connectivity index is 1.63. The highest BCUT2D eigenvalue weighted by Gasteiger charge is 2.15. The first-order chi connectivity index (χ1) is 10.5. The normalized spacial score (nSPS) is 13.3. The quantitative estimate of drug-likeness (QED) is 0.909. The molecular formula is C15H14ClNO4S. The molecule has 0 saturated carbocycles. The lowest BCUT2D eigenvalue weighted by molar-refractivity contribution is 0.174. The molecule has 1 aliphatic heterocycles. The summed E-state index contributed by atoms with van der Waals surface area (Å²) in [6.07, 6.45) is 0.552. The Labute approximate surface area is 133 Å². The molecule has 0 fully saturated rings. The van der Waals surface area contributed by atoms with Gasteiger partial charge in [-0.2, -0.15) is 0 Å². The van der Waals surface area contributed by atoms with E-state index in [1.54, 1.807) is 12.1 Å². The topological polar surface area (TPSA) is 64.6 Å². The van der Waals surface area contributed by atoms with Gasteiger partial charge in [0.25, 0.3) is 0 Å². The molecule has 0 bridgehead atoms. The molecule has 3 rings (SSSR count). The molecule has 1 heterocycles. The van der Waals surface area contributed by atoms with Crippen LogP contribution in [0.3, 0.4) is 0 Å². The summed E-state index contributed by atoms with van der Waals surface area (Å²) in [6.45, 7) is 0.509. The van der Waals surface area contributed by atoms with Crippen LogP contribution in [0.2, 0.25) is 5.02 Å². The highest BCUT2D eigenvalue weighted by Crippen LogP contribution is 2.32. The third-order valence-electron chi connectivity index (χ3n) is 3.25. The second kappa shape index (κ2) is 6.16. The summed E-state index contributed by atoms with van der Waals surface area (Å²) in [7, 11) is -3.55. The zero-order valence-electron chi connectivity index (χ0n) is 11.6. The molecule has 0 atom stereocenters. The van der Waals surface area contributed by atoms with Gasteiger partial charge in [0.05, 0.1) is 4.90 Å². The lowest BCUT2D eigenvalue weighted by Crippen LogP contribution is -2.25. The van der Waals surface area contributed by atoms with Crippen molar-refractivity contribution in [2.45, 2.75) is 11.3 Å². The highest BCUT2D eigenvalue weighted by atomic mass is 35.5. The second-order valence-corrected chi connectivity index (χ2v) is 7.00. The van der Waals surface area contributed by atoms with Gasteiger partial charge in [-0.05, 0) is 42.3 Å². The Hall–Kier alpha value is -1.76. The van der Waals surface area contributed by atoms with E-state index < -0.39 is 10.0 Å².